The molecule has 10 heavy (non-hydrogen) atoms. The molecule has 1 N–H and O–H groups in total. The van der Waals surface area contributed by atoms with Crippen molar-refractivity contribution in [3.05, 3.63) is 6.92 Å². The lowest BCUT2D eigenvalue weighted by molar-refractivity contribution is 0.148. The van der Waals surface area contributed by atoms with E-state index in [0.29, 0.717) is 6.42 Å². The first kappa shape index (κ1) is 9.87. The molecule has 0 saturated carbocycles. The standard InChI is InChI=1S/C5H11O4S/c1-3-4-5(9-2)10(6,7)8/h5H,1,3-4H2,2H3,(H,6,7,8). The summed E-state index contributed by atoms with van der Waals surface area (Å²) in [5.41, 5.74) is -1.12. The van der Waals surface area contributed by atoms with Crippen molar-refractivity contribution in [2.24, 2.45) is 0 Å². The van der Waals surface area contributed by atoms with Gasteiger partial charge in [0.05, 0.1) is 0 Å². The first-order valence-electron chi connectivity index (χ1n) is 2.80. The van der Waals surface area contributed by atoms with Crippen molar-refractivity contribution in [1.82, 2.24) is 0 Å². The van der Waals surface area contributed by atoms with E-state index >= 15 is 0 Å². The first-order chi connectivity index (χ1) is 4.52. The van der Waals surface area contributed by atoms with Gasteiger partial charge in [0, 0.05) is 7.11 Å². The second-order valence-corrected chi connectivity index (χ2v) is 3.38. The Morgan fingerprint density at radius 2 is 2.20 bits per heavy atom. The molecule has 0 saturated heterocycles. The van der Waals surface area contributed by atoms with Crippen molar-refractivity contribution in [2.75, 3.05) is 7.11 Å². The number of ether oxygens (including phenoxy) is 1. The molecule has 0 rings (SSSR count). The van der Waals surface area contributed by atoms with Crippen LogP contribution in [0, 0.1) is 6.92 Å². The molecule has 5 heteroatoms. The highest BCUT2D eigenvalue weighted by atomic mass is 32.2. The van der Waals surface area contributed by atoms with Crippen LogP contribution in [0.3, 0.4) is 0 Å². The molecule has 0 aromatic carbocycles. The summed E-state index contributed by atoms with van der Waals surface area (Å²) in [5, 5.41) is 0. The molecule has 0 aromatic rings. The van der Waals surface area contributed by atoms with Crippen LogP contribution >= 0.6 is 0 Å². The van der Waals surface area contributed by atoms with Crippen LogP contribution in [0.2, 0.25) is 0 Å². The van der Waals surface area contributed by atoms with Crippen LogP contribution in [0.15, 0.2) is 0 Å². The minimum Gasteiger partial charge on any atom is -0.363 e. The zero-order valence-corrected chi connectivity index (χ0v) is 6.60. The highest BCUT2D eigenvalue weighted by molar-refractivity contribution is 7.86. The fourth-order valence-corrected chi connectivity index (χ4v) is 1.26. The SMILES string of the molecule is [CH2]CCC(OC)S(=O)(=O)O. The van der Waals surface area contributed by atoms with Crippen LogP contribution in [0.1, 0.15) is 12.8 Å². The summed E-state index contributed by atoms with van der Waals surface area (Å²) in [6, 6.07) is 0. The molecule has 1 unspecified atom stereocenters. The van der Waals surface area contributed by atoms with E-state index < -0.39 is 15.6 Å². The molecule has 0 fully saturated rings. The third kappa shape index (κ3) is 3.14. The van der Waals surface area contributed by atoms with Crippen molar-refractivity contribution < 1.29 is 17.7 Å². The van der Waals surface area contributed by atoms with Gasteiger partial charge in [0.25, 0.3) is 10.1 Å². The Balaban J connectivity index is 4.08. The van der Waals surface area contributed by atoms with Crippen LogP contribution in [0.25, 0.3) is 0 Å². The number of hydrogen-bond donors (Lipinski definition) is 1. The Morgan fingerprint density at radius 3 is 2.30 bits per heavy atom. The molecule has 0 bridgehead atoms. The Morgan fingerprint density at radius 1 is 1.70 bits per heavy atom. The zero-order chi connectivity index (χ0) is 8.20. The number of methoxy groups -OCH3 is 1. The van der Waals surface area contributed by atoms with Gasteiger partial charge in [0.1, 0.15) is 0 Å². The molecular formula is C5H11O4S. The molecule has 0 aliphatic rings. The van der Waals surface area contributed by atoms with Gasteiger partial charge in [-0.25, -0.2) is 0 Å². The Kier molecular flexibility index (Phi) is 3.85. The summed E-state index contributed by atoms with van der Waals surface area (Å²) in [6.45, 7) is 3.43. The maximum atomic E-state index is 10.4. The first-order valence-corrected chi connectivity index (χ1v) is 4.31. The topological polar surface area (TPSA) is 63.6 Å². The van der Waals surface area contributed by atoms with Gasteiger partial charge in [-0.3, -0.25) is 4.55 Å². The van der Waals surface area contributed by atoms with Crippen LogP contribution in [0.5, 0.6) is 0 Å². The van der Waals surface area contributed by atoms with Crippen molar-refractivity contribution in [3.8, 4) is 0 Å². The maximum Gasteiger partial charge on any atom is 0.292 e. The normalized spacial score (nSPS) is 15.1. The largest absolute Gasteiger partial charge is 0.363 e. The number of hydrogen-bond acceptors (Lipinski definition) is 3. The average molecular weight is 167 g/mol. The molecular weight excluding hydrogens is 156 g/mol. The molecule has 61 valence electrons. The van der Waals surface area contributed by atoms with E-state index in [1.807, 2.05) is 0 Å². The molecule has 0 aromatic heterocycles. The summed E-state index contributed by atoms with van der Waals surface area (Å²) in [6.07, 6.45) is 0.633. The highest BCUT2D eigenvalue weighted by Crippen LogP contribution is 2.06. The zero-order valence-electron chi connectivity index (χ0n) is 5.78. The smallest absolute Gasteiger partial charge is 0.292 e. The minimum atomic E-state index is -4.04. The van der Waals surface area contributed by atoms with Gasteiger partial charge in [-0.05, 0) is 12.8 Å². The second kappa shape index (κ2) is 3.90. The molecule has 0 amide bonds. The van der Waals surface area contributed by atoms with E-state index in [1.165, 1.54) is 7.11 Å². The van der Waals surface area contributed by atoms with Gasteiger partial charge in [0.15, 0.2) is 5.44 Å². The van der Waals surface area contributed by atoms with Crippen molar-refractivity contribution >= 4 is 10.1 Å². The summed E-state index contributed by atoms with van der Waals surface area (Å²) in [4.78, 5) is 0. The fraction of sp³-hybridized carbons (Fsp3) is 0.800. The van der Waals surface area contributed by atoms with Crippen molar-refractivity contribution in [2.45, 2.75) is 18.3 Å². The van der Waals surface area contributed by atoms with Crippen LogP contribution in [-0.2, 0) is 14.9 Å². The van der Waals surface area contributed by atoms with Crippen LogP contribution < -0.4 is 0 Å². The third-order valence-corrected chi connectivity index (χ3v) is 2.13. The quantitative estimate of drug-likeness (QED) is 0.618. The van der Waals surface area contributed by atoms with E-state index in [4.69, 9.17) is 4.55 Å². The Hall–Kier alpha value is -0.130. The van der Waals surface area contributed by atoms with E-state index in [0.717, 1.165) is 0 Å². The van der Waals surface area contributed by atoms with Gasteiger partial charge in [-0.1, -0.05) is 6.92 Å². The third-order valence-electron chi connectivity index (χ3n) is 1.03. The van der Waals surface area contributed by atoms with E-state index in [1.54, 1.807) is 0 Å². The van der Waals surface area contributed by atoms with Gasteiger partial charge >= 0.3 is 0 Å². The Labute approximate surface area is 60.9 Å². The minimum absolute atomic E-state index is 0.218. The molecule has 1 radical (unpaired) electrons. The van der Waals surface area contributed by atoms with Gasteiger partial charge < -0.3 is 4.74 Å². The summed E-state index contributed by atoms with van der Waals surface area (Å²) >= 11 is 0. The van der Waals surface area contributed by atoms with Crippen LogP contribution in [0.4, 0.5) is 0 Å². The predicted molar refractivity (Wildman–Crippen MR) is 36.9 cm³/mol. The second-order valence-electron chi connectivity index (χ2n) is 1.82. The maximum absolute atomic E-state index is 10.4. The summed E-state index contributed by atoms with van der Waals surface area (Å²) < 4.78 is 33.6. The highest BCUT2D eigenvalue weighted by Gasteiger charge is 2.20. The molecule has 0 aliphatic heterocycles. The van der Waals surface area contributed by atoms with Crippen molar-refractivity contribution in [1.29, 1.82) is 0 Å². The molecule has 0 heterocycles. The molecule has 4 nitrogen and oxygen atoms in total. The Bertz CT molecular complexity index is 172. The molecule has 0 spiro atoms. The average Bonchev–Trinajstić information content (AvgIpc) is 1.80. The summed E-state index contributed by atoms with van der Waals surface area (Å²) in [5.74, 6) is 0. The summed E-state index contributed by atoms with van der Waals surface area (Å²) in [7, 11) is -2.81. The van der Waals surface area contributed by atoms with Crippen molar-refractivity contribution in [3.63, 3.8) is 0 Å². The number of rotatable bonds is 4. The van der Waals surface area contributed by atoms with Gasteiger partial charge in [-0.2, -0.15) is 8.42 Å². The predicted octanol–water partition coefficient (Wildman–Crippen LogP) is 0.461. The van der Waals surface area contributed by atoms with E-state index in [-0.39, 0.29) is 6.42 Å². The lowest BCUT2D eigenvalue weighted by Gasteiger charge is -2.09. The van der Waals surface area contributed by atoms with Crippen LogP contribution in [-0.4, -0.2) is 25.5 Å². The van der Waals surface area contributed by atoms with Gasteiger partial charge in [0.2, 0.25) is 0 Å². The lowest BCUT2D eigenvalue weighted by atomic mass is 10.4. The van der Waals surface area contributed by atoms with Gasteiger partial charge in [-0.15, -0.1) is 0 Å². The lowest BCUT2D eigenvalue weighted by Crippen LogP contribution is -2.21. The molecule has 0 aliphatic carbocycles. The van der Waals surface area contributed by atoms with E-state index in [9.17, 15) is 8.42 Å². The molecule has 1 atom stereocenters. The fourth-order valence-electron chi connectivity index (χ4n) is 0.555. The van der Waals surface area contributed by atoms with E-state index in [2.05, 4.69) is 11.7 Å². The monoisotopic (exact) mass is 167 g/mol.